The van der Waals surface area contributed by atoms with Gasteiger partial charge in [-0.1, -0.05) is 24.4 Å². The van der Waals surface area contributed by atoms with Crippen molar-refractivity contribution in [1.29, 1.82) is 5.26 Å². The summed E-state index contributed by atoms with van der Waals surface area (Å²) in [4.78, 5) is 45.5. The molecule has 0 radical (unpaired) electrons. The zero-order chi connectivity index (χ0) is 35.7. The van der Waals surface area contributed by atoms with Gasteiger partial charge in [0.1, 0.15) is 30.4 Å². The third kappa shape index (κ3) is 9.27. The zero-order valence-corrected chi connectivity index (χ0v) is 26.9. The molecule has 3 aromatic rings. The molecule has 17 heteroatoms. The number of aromatic amines is 1. The minimum absolute atomic E-state index is 0.0119. The van der Waals surface area contributed by atoms with E-state index in [0.29, 0.717) is 41.9 Å². The molecule has 260 valence electrons. The Morgan fingerprint density at radius 3 is 2.59 bits per heavy atom. The molecule has 2 heterocycles. The van der Waals surface area contributed by atoms with Crippen LogP contribution in [0.25, 0.3) is 17.3 Å². The van der Waals surface area contributed by atoms with E-state index in [9.17, 15) is 37.2 Å². The van der Waals surface area contributed by atoms with Crippen molar-refractivity contribution in [2.75, 3.05) is 38.1 Å². The Bertz CT molecular complexity index is 1770. The molecule has 4 rings (SSSR count). The van der Waals surface area contributed by atoms with Crippen LogP contribution in [0.4, 0.5) is 33.7 Å². The van der Waals surface area contributed by atoms with Crippen molar-refractivity contribution in [3.8, 4) is 17.3 Å². The topological polar surface area (TPSA) is 167 Å². The smallest absolute Gasteiger partial charge is 0.417 e. The number of methoxy groups -OCH3 is 2. The number of ether oxygens (including phenoxy) is 3. The summed E-state index contributed by atoms with van der Waals surface area (Å²) in [6.07, 6.45) is -2.85. The van der Waals surface area contributed by atoms with Crippen molar-refractivity contribution in [2.45, 2.75) is 43.9 Å². The summed E-state index contributed by atoms with van der Waals surface area (Å²) in [5.41, 5.74) is -1.08. The first-order valence-electron chi connectivity index (χ1n) is 14.8. The number of hydrogen-bond acceptors (Lipinski definition) is 9. The van der Waals surface area contributed by atoms with Crippen LogP contribution < -0.4 is 16.0 Å². The fraction of sp³-hybridized carbons (Fsp3) is 0.344. The Labute approximate surface area is 282 Å². The second kappa shape index (κ2) is 16.3. The van der Waals surface area contributed by atoms with Gasteiger partial charge in [-0.3, -0.25) is 10.1 Å². The number of carbonyl (C=O) groups is 3. The number of nitrogens with zero attached hydrogens (tertiary/aromatic N) is 2. The van der Waals surface area contributed by atoms with Crippen LogP contribution in [0, 0.1) is 17.1 Å². The van der Waals surface area contributed by atoms with Gasteiger partial charge in [0, 0.05) is 35.7 Å². The molecule has 49 heavy (non-hydrogen) atoms. The predicted molar refractivity (Wildman–Crippen MR) is 170 cm³/mol. The van der Waals surface area contributed by atoms with E-state index in [-0.39, 0.29) is 43.3 Å². The highest BCUT2D eigenvalue weighted by Gasteiger charge is 2.34. The molecule has 2 amide bonds. The number of aromatic nitrogens is 2. The first-order chi connectivity index (χ1) is 23.4. The summed E-state index contributed by atoms with van der Waals surface area (Å²) in [6, 6.07) is 6.30. The van der Waals surface area contributed by atoms with Gasteiger partial charge < -0.3 is 29.8 Å². The van der Waals surface area contributed by atoms with Crippen LogP contribution in [0.15, 0.2) is 36.4 Å². The van der Waals surface area contributed by atoms with Crippen LogP contribution in [-0.2, 0) is 30.0 Å². The van der Waals surface area contributed by atoms with E-state index in [1.807, 2.05) is 6.07 Å². The van der Waals surface area contributed by atoms with Crippen molar-refractivity contribution in [1.82, 2.24) is 15.3 Å². The average Bonchev–Trinajstić information content (AvgIpc) is 3.49. The fourth-order valence-corrected chi connectivity index (χ4v) is 5.24. The van der Waals surface area contributed by atoms with Crippen LogP contribution in [0.3, 0.4) is 0 Å². The van der Waals surface area contributed by atoms with Gasteiger partial charge in [0.15, 0.2) is 5.69 Å². The third-order valence-corrected chi connectivity index (χ3v) is 7.71. The van der Waals surface area contributed by atoms with Crippen LogP contribution >= 0.6 is 11.6 Å². The lowest BCUT2D eigenvalue weighted by atomic mass is 10.0. The Hall–Kier alpha value is -5.14. The first-order valence-corrected chi connectivity index (χ1v) is 15.2. The third-order valence-electron chi connectivity index (χ3n) is 7.42. The predicted octanol–water partition coefficient (Wildman–Crippen LogP) is 6.35. The number of esters is 1. The van der Waals surface area contributed by atoms with E-state index in [1.165, 1.54) is 26.4 Å². The molecule has 4 N–H and O–H groups in total. The van der Waals surface area contributed by atoms with Gasteiger partial charge >= 0.3 is 18.2 Å². The molecule has 2 aromatic carbocycles. The van der Waals surface area contributed by atoms with Crippen LogP contribution in [0.5, 0.6) is 0 Å². The molecule has 0 fully saturated rings. The number of alkyl halides is 3. The Morgan fingerprint density at radius 1 is 1.14 bits per heavy atom. The van der Waals surface area contributed by atoms with Crippen LogP contribution in [0.1, 0.15) is 54.4 Å². The highest BCUT2D eigenvalue weighted by atomic mass is 35.5. The molecule has 1 aliphatic rings. The highest BCUT2D eigenvalue weighted by molar-refractivity contribution is 6.31. The lowest BCUT2D eigenvalue weighted by molar-refractivity contribution is -0.141. The highest BCUT2D eigenvalue weighted by Crippen LogP contribution is 2.37. The minimum atomic E-state index is -4.91. The number of anilines is 2. The Balaban J connectivity index is 1.69. The maximum Gasteiger partial charge on any atom is 0.417 e. The number of halogens is 5. The number of hydrogen-bond donors (Lipinski definition) is 4. The summed E-state index contributed by atoms with van der Waals surface area (Å²) in [7, 11) is 2.69. The summed E-state index contributed by atoms with van der Waals surface area (Å²) in [5, 5.41) is 17.8. The normalized spacial score (nSPS) is 16.3. The van der Waals surface area contributed by atoms with E-state index < -0.39 is 58.2 Å². The standard InChI is InChI=1S/C32H31ClF4N6O6/c1-47-13-14-49-31(46)39-17-7-8-19-24(15-17)40-23(30(45)48-2)6-4-3-5-22(29-42-25(16-38)28(19)43-29)41-26(44)12-9-18-20(32(35,36)37)10-11-21(33)27(18)34/h7-12,15,22-23,40H,3-6,13-14H2,1-2H3,(H,39,46)(H,41,44)(H,42,43). The van der Waals surface area contributed by atoms with E-state index in [4.69, 9.17) is 25.8 Å². The SMILES string of the molecule is COCCOC(=O)Nc1ccc2c(c1)NC(C(=O)OC)CCCCC(NC(=O)C=Cc1c(C(F)(F)F)ccc(Cl)c1F)c1nc(C#N)c-2[nH]1. The van der Waals surface area contributed by atoms with Gasteiger partial charge in [0.05, 0.1) is 36.0 Å². The van der Waals surface area contributed by atoms with Gasteiger partial charge in [-0.25, -0.2) is 19.0 Å². The number of nitrogens with one attached hydrogen (secondary N) is 4. The summed E-state index contributed by atoms with van der Waals surface area (Å²) >= 11 is 5.70. The van der Waals surface area contributed by atoms with Crippen LogP contribution in [-0.4, -0.2) is 61.4 Å². The van der Waals surface area contributed by atoms with Gasteiger partial charge in [-0.2, -0.15) is 18.4 Å². The Morgan fingerprint density at radius 2 is 1.90 bits per heavy atom. The largest absolute Gasteiger partial charge is 0.467 e. The van der Waals surface area contributed by atoms with Gasteiger partial charge in [0.25, 0.3) is 0 Å². The van der Waals surface area contributed by atoms with Crippen LogP contribution in [0.2, 0.25) is 5.02 Å². The maximum absolute atomic E-state index is 14.6. The van der Waals surface area contributed by atoms with Crippen molar-refractivity contribution in [3.63, 3.8) is 0 Å². The van der Waals surface area contributed by atoms with Gasteiger partial charge in [-0.15, -0.1) is 0 Å². The number of benzene rings is 2. The average molecular weight is 707 g/mol. The lowest BCUT2D eigenvalue weighted by Crippen LogP contribution is -2.31. The molecule has 0 aliphatic carbocycles. The molecule has 1 aliphatic heterocycles. The van der Waals surface area contributed by atoms with Crippen molar-refractivity contribution in [3.05, 3.63) is 69.9 Å². The summed E-state index contributed by atoms with van der Waals surface area (Å²) < 4.78 is 70.1. The molecule has 0 saturated heterocycles. The zero-order valence-electron chi connectivity index (χ0n) is 26.2. The van der Waals surface area contributed by atoms with Crippen molar-refractivity contribution in [2.24, 2.45) is 0 Å². The van der Waals surface area contributed by atoms with E-state index >= 15 is 0 Å². The lowest BCUT2D eigenvalue weighted by Gasteiger charge is -2.22. The molecule has 2 unspecified atom stereocenters. The molecule has 0 saturated carbocycles. The molecular formula is C32H31ClF4N6O6. The molecule has 2 bridgehead atoms. The number of H-pyrrole nitrogens is 1. The number of nitriles is 1. The molecule has 1 aromatic heterocycles. The molecule has 2 atom stereocenters. The second-order valence-corrected chi connectivity index (χ2v) is 11.1. The number of imidazole rings is 1. The van der Waals surface area contributed by atoms with E-state index in [2.05, 4.69) is 25.9 Å². The van der Waals surface area contributed by atoms with Gasteiger partial charge in [-0.05, 0) is 49.2 Å². The maximum atomic E-state index is 14.6. The number of rotatable bonds is 8. The monoisotopic (exact) mass is 706 g/mol. The Kier molecular flexibility index (Phi) is 12.2. The number of carbonyl (C=O) groups excluding carboxylic acids is 3. The summed E-state index contributed by atoms with van der Waals surface area (Å²) in [6.45, 7) is 0.203. The van der Waals surface area contributed by atoms with E-state index in [0.717, 1.165) is 12.1 Å². The van der Waals surface area contributed by atoms with Crippen molar-refractivity contribution >= 4 is 47.0 Å². The van der Waals surface area contributed by atoms with Crippen molar-refractivity contribution < 1.29 is 46.2 Å². The number of amides is 2. The quantitative estimate of drug-likeness (QED) is 0.0903. The molecular weight excluding hydrogens is 676 g/mol. The fourth-order valence-electron chi connectivity index (χ4n) is 5.07. The van der Waals surface area contributed by atoms with Gasteiger partial charge in [0.2, 0.25) is 5.91 Å². The molecule has 12 nitrogen and oxygen atoms in total. The number of fused-ring (bicyclic) bond motifs is 4. The minimum Gasteiger partial charge on any atom is -0.467 e. The second-order valence-electron chi connectivity index (χ2n) is 10.7. The first kappa shape index (κ1) is 36.7. The van der Waals surface area contributed by atoms with E-state index in [1.54, 1.807) is 6.07 Å². The molecule has 0 spiro atoms. The summed E-state index contributed by atoms with van der Waals surface area (Å²) in [5.74, 6) is -2.62.